The predicted octanol–water partition coefficient (Wildman–Crippen LogP) is 3.49. The van der Waals surface area contributed by atoms with Crippen LogP contribution in [0.4, 0.5) is 0 Å². The topological polar surface area (TPSA) is 4.93 Å². The molecule has 0 amide bonds. The van der Waals surface area contributed by atoms with Gasteiger partial charge in [0.25, 0.3) is 0 Å². The van der Waals surface area contributed by atoms with Crippen molar-refractivity contribution in [1.82, 2.24) is 4.57 Å². The summed E-state index contributed by atoms with van der Waals surface area (Å²) in [5.41, 5.74) is 3.49. The SMILES string of the molecule is C=C/C(C)=C\n1cc(C)cc1C=C. The van der Waals surface area contributed by atoms with Gasteiger partial charge >= 0.3 is 0 Å². The summed E-state index contributed by atoms with van der Waals surface area (Å²) in [5.74, 6) is 0. The summed E-state index contributed by atoms with van der Waals surface area (Å²) in [6.45, 7) is 11.6. The summed E-state index contributed by atoms with van der Waals surface area (Å²) in [5, 5.41) is 0. The Morgan fingerprint density at radius 2 is 2.15 bits per heavy atom. The molecule has 0 N–H and O–H groups in total. The van der Waals surface area contributed by atoms with E-state index in [0.29, 0.717) is 0 Å². The minimum absolute atomic E-state index is 1.11. The number of allylic oxidation sites excluding steroid dienone is 2. The molecule has 0 radical (unpaired) electrons. The first-order chi connectivity index (χ1) is 6.17. The van der Waals surface area contributed by atoms with Crippen LogP contribution in [0, 0.1) is 6.92 Å². The Morgan fingerprint density at radius 3 is 2.69 bits per heavy atom. The maximum atomic E-state index is 3.76. The lowest BCUT2D eigenvalue weighted by atomic mass is 10.3. The minimum atomic E-state index is 1.11. The lowest BCUT2D eigenvalue weighted by molar-refractivity contribution is 1.13. The fraction of sp³-hybridized carbons (Fsp3) is 0.167. The molecule has 0 atom stereocenters. The van der Waals surface area contributed by atoms with Crippen LogP contribution in [0.15, 0.2) is 37.1 Å². The number of rotatable bonds is 3. The molecule has 0 spiro atoms. The highest BCUT2D eigenvalue weighted by Crippen LogP contribution is 2.11. The summed E-state index contributed by atoms with van der Waals surface area (Å²) < 4.78 is 2.05. The van der Waals surface area contributed by atoms with Crippen molar-refractivity contribution in [2.75, 3.05) is 0 Å². The molecule has 1 rings (SSSR count). The molecular formula is C12H15N. The zero-order chi connectivity index (χ0) is 9.84. The van der Waals surface area contributed by atoms with Crippen molar-refractivity contribution in [3.63, 3.8) is 0 Å². The maximum Gasteiger partial charge on any atom is 0.0446 e. The normalized spacial score (nSPS) is 11.4. The van der Waals surface area contributed by atoms with Crippen LogP contribution in [-0.4, -0.2) is 4.57 Å². The number of hydrogen-bond donors (Lipinski definition) is 0. The van der Waals surface area contributed by atoms with Gasteiger partial charge in [-0.15, -0.1) is 0 Å². The van der Waals surface area contributed by atoms with Gasteiger partial charge in [-0.2, -0.15) is 0 Å². The van der Waals surface area contributed by atoms with Crippen LogP contribution in [-0.2, 0) is 0 Å². The molecule has 0 bridgehead atoms. The lowest BCUT2D eigenvalue weighted by Gasteiger charge is -1.99. The van der Waals surface area contributed by atoms with Crippen molar-refractivity contribution in [3.05, 3.63) is 48.3 Å². The molecule has 1 aromatic rings. The van der Waals surface area contributed by atoms with Gasteiger partial charge in [0.1, 0.15) is 0 Å². The quantitative estimate of drug-likeness (QED) is 0.617. The van der Waals surface area contributed by atoms with E-state index in [2.05, 4.69) is 36.9 Å². The number of hydrogen-bond acceptors (Lipinski definition) is 0. The smallest absolute Gasteiger partial charge is 0.0446 e. The van der Waals surface area contributed by atoms with E-state index in [1.165, 1.54) is 5.56 Å². The van der Waals surface area contributed by atoms with E-state index < -0.39 is 0 Å². The summed E-state index contributed by atoms with van der Waals surface area (Å²) in [6, 6.07) is 2.10. The van der Waals surface area contributed by atoms with Gasteiger partial charge in [0, 0.05) is 18.1 Å². The van der Waals surface area contributed by atoms with Gasteiger partial charge in [-0.25, -0.2) is 0 Å². The van der Waals surface area contributed by atoms with Gasteiger partial charge in [0.15, 0.2) is 0 Å². The Balaban J connectivity index is 3.13. The van der Waals surface area contributed by atoms with Crippen LogP contribution in [0.2, 0.25) is 0 Å². The van der Waals surface area contributed by atoms with Gasteiger partial charge < -0.3 is 4.57 Å². The first-order valence-electron chi connectivity index (χ1n) is 4.29. The predicted molar refractivity (Wildman–Crippen MR) is 59.4 cm³/mol. The van der Waals surface area contributed by atoms with Crippen LogP contribution in [0.5, 0.6) is 0 Å². The first kappa shape index (κ1) is 9.59. The number of nitrogens with zero attached hydrogens (tertiary/aromatic N) is 1. The second-order valence-corrected chi connectivity index (χ2v) is 3.13. The molecule has 0 fully saturated rings. The second kappa shape index (κ2) is 3.94. The Kier molecular flexibility index (Phi) is 2.91. The monoisotopic (exact) mass is 173 g/mol. The van der Waals surface area contributed by atoms with E-state index in [0.717, 1.165) is 11.3 Å². The summed E-state index contributed by atoms with van der Waals surface area (Å²) in [7, 11) is 0. The van der Waals surface area contributed by atoms with Gasteiger partial charge in [0.2, 0.25) is 0 Å². The molecule has 0 aliphatic carbocycles. The van der Waals surface area contributed by atoms with Crippen molar-refractivity contribution in [2.24, 2.45) is 0 Å². The average Bonchev–Trinajstić information content (AvgIpc) is 2.46. The van der Waals surface area contributed by atoms with Crippen LogP contribution in [0.1, 0.15) is 18.2 Å². The van der Waals surface area contributed by atoms with E-state index >= 15 is 0 Å². The standard InChI is InChI=1S/C12H15N/c1-5-10(3)8-13-9-11(4)7-12(13)6-2/h5-9H,1-2H2,3-4H3/b10-8-. The molecule has 0 saturated heterocycles. The summed E-state index contributed by atoms with van der Waals surface area (Å²) in [6.07, 6.45) is 7.79. The Hall–Kier alpha value is -1.50. The van der Waals surface area contributed by atoms with Gasteiger partial charge in [-0.1, -0.05) is 19.2 Å². The van der Waals surface area contributed by atoms with Crippen molar-refractivity contribution in [2.45, 2.75) is 13.8 Å². The lowest BCUT2D eigenvalue weighted by Crippen LogP contribution is -1.87. The molecule has 13 heavy (non-hydrogen) atoms. The van der Waals surface area contributed by atoms with Crippen LogP contribution >= 0.6 is 0 Å². The molecule has 1 heterocycles. The van der Waals surface area contributed by atoms with E-state index in [1.54, 1.807) is 0 Å². The third-order valence-corrected chi connectivity index (χ3v) is 1.89. The van der Waals surface area contributed by atoms with Crippen LogP contribution in [0.25, 0.3) is 12.3 Å². The fourth-order valence-corrected chi connectivity index (χ4v) is 1.19. The highest BCUT2D eigenvalue weighted by Gasteiger charge is 1.96. The zero-order valence-electron chi connectivity index (χ0n) is 8.25. The number of aryl methyl sites for hydroxylation is 1. The van der Waals surface area contributed by atoms with Crippen molar-refractivity contribution in [3.8, 4) is 0 Å². The third kappa shape index (κ3) is 2.22. The second-order valence-electron chi connectivity index (χ2n) is 3.13. The summed E-state index contributed by atoms with van der Waals surface area (Å²) >= 11 is 0. The van der Waals surface area contributed by atoms with E-state index in [9.17, 15) is 0 Å². The maximum absolute atomic E-state index is 3.76. The molecule has 0 aliphatic heterocycles. The molecular weight excluding hydrogens is 158 g/mol. The van der Waals surface area contributed by atoms with Crippen LogP contribution < -0.4 is 0 Å². The highest BCUT2D eigenvalue weighted by atomic mass is 14.9. The molecule has 68 valence electrons. The molecule has 1 aromatic heterocycles. The Bertz CT molecular complexity index is 353. The number of aromatic nitrogens is 1. The molecule has 1 heteroatoms. The van der Waals surface area contributed by atoms with Crippen LogP contribution in [0.3, 0.4) is 0 Å². The van der Waals surface area contributed by atoms with E-state index in [4.69, 9.17) is 0 Å². The molecule has 0 saturated carbocycles. The van der Waals surface area contributed by atoms with Gasteiger partial charge in [-0.05, 0) is 37.1 Å². The van der Waals surface area contributed by atoms with Gasteiger partial charge in [0.05, 0.1) is 0 Å². The van der Waals surface area contributed by atoms with Crippen molar-refractivity contribution in [1.29, 1.82) is 0 Å². The largest absolute Gasteiger partial charge is 0.323 e. The fourth-order valence-electron chi connectivity index (χ4n) is 1.19. The van der Waals surface area contributed by atoms with E-state index in [1.807, 2.05) is 25.3 Å². The Morgan fingerprint density at radius 1 is 1.46 bits per heavy atom. The van der Waals surface area contributed by atoms with E-state index in [-0.39, 0.29) is 0 Å². The van der Waals surface area contributed by atoms with Crippen molar-refractivity contribution >= 4 is 12.3 Å². The van der Waals surface area contributed by atoms with Crippen molar-refractivity contribution < 1.29 is 0 Å². The average molecular weight is 173 g/mol. The first-order valence-corrected chi connectivity index (χ1v) is 4.29. The molecule has 1 nitrogen and oxygen atoms in total. The Labute approximate surface area is 79.7 Å². The molecule has 0 unspecified atom stereocenters. The highest BCUT2D eigenvalue weighted by molar-refractivity contribution is 5.51. The minimum Gasteiger partial charge on any atom is -0.323 e. The third-order valence-electron chi connectivity index (χ3n) is 1.89. The summed E-state index contributed by atoms with van der Waals surface area (Å²) in [4.78, 5) is 0. The van der Waals surface area contributed by atoms with Gasteiger partial charge in [-0.3, -0.25) is 0 Å². The molecule has 0 aliphatic rings. The zero-order valence-corrected chi connectivity index (χ0v) is 8.25. The molecule has 0 aromatic carbocycles.